The first-order chi connectivity index (χ1) is 19.0. The van der Waals surface area contributed by atoms with Gasteiger partial charge in [0.05, 0.1) is 12.8 Å². The summed E-state index contributed by atoms with van der Waals surface area (Å²) in [6.07, 6.45) is 2.98. The van der Waals surface area contributed by atoms with Gasteiger partial charge in [-0.1, -0.05) is 43.0 Å². The van der Waals surface area contributed by atoms with E-state index in [0.29, 0.717) is 48.3 Å². The molecule has 3 aromatic rings. The van der Waals surface area contributed by atoms with Gasteiger partial charge in [0, 0.05) is 12.2 Å². The summed E-state index contributed by atoms with van der Waals surface area (Å²) >= 11 is 0. The summed E-state index contributed by atoms with van der Waals surface area (Å²) < 4.78 is 16.6. The van der Waals surface area contributed by atoms with Crippen LogP contribution in [0, 0.1) is 0 Å². The number of carbonyl (C=O) groups is 3. The van der Waals surface area contributed by atoms with Gasteiger partial charge >= 0.3 is 11.8 Å². The average Bonchev–Trinajstić information content (AvgIpc) is 2.96. The Hall–Kier alpha value is -5.12. The lowest BCUT2D eigenvalue weighted by Gasteiger charge is -2.12. The molecule has 3 amide bonds. The SMILES string of the molecule is C=CCOc1ccc(NC(=O)C(=O)N/N=C\c2ccc(OCC(=O)NCc3ccccc3)c(OCC)c2)cc1. The van der Waals surface area contributed by atoms with E-state index in [9.17, 15) is 14.4 Å². The number of nitrogens with zero attached hydrogens (tertiary/aromatic N) is 1. The molecule has 0 fully saturated rings. The molecular weight excluding hydrogens is 500 g/mol. The van der Waals surface area contributed by atoms with Crippen LogP contribution in [0.25, 0.3) is 0 Å². The quantitative estimate of drug-likeness (QED) is 0.135. The zero-order chi connectivity index (χ0) is 27.9. The summed E-state index contributed by atoms with van der Waals surface area (Å²) in [4.78, 5) is 36.4. The van der Waals surface area contributed by atoms with Gasteiger partial charge in [-0.15, -0.1) is 0 Å². The Morgan fingerprint density at radius 1 is 0.897 bits per heavy atom. The third-order valence-electron chi connectivity index (χ3n) is 5.02. The maximum absolute atomic E-state index is 12.2. The third kappa shape index (κ3) is 9.69. The number of rotatable bonds is 13. The van der Waals surface area contributed by atoms with Crippen LogP contribution in [0.2, 0.25) is 0 Å². The van der Waals surface area contributed by atoms with Crippen LogP contribution >= 0.6 is 0 Å². The fraction of sp³-hybridized carbons (Fsp3) is 0.172. The molecule has 0 radical (unpaired) electrons. The van der Waals surface area contributed by atoms with E-state index in [2.05, 4.69) is 27.7 Å². The van der Waals surface area contributed by atoms with Crippen molar-refractivity contribution in [2.45, 2.75) is 13.5 Å². The fourth-order valence-corrected chi connectivity index (χ4v) is 3.18. The van der Waals surface area contributed by atoms with Crippen LogP contribution in [-0.2, 0) is 20.9 Å². The van der Waals surface area contributed by atoms with E-state index < -0.39 is 11.8 Å². The van der Waals surface area contributed by atoms with Crippen LogP contribution < -0.4 is 30.3 Å². The van der Waals surface area contributed by atoms with Crippen LogP contribution in [0.4, 0.5) is 5.69 Å². The third-order valence-corrected chi connectivity index (χ3v) is 5.02. The van der Waals surface area contributed by atoms with Crippen LogP contribution in [0.5, 0.6) is 17.2 Å². The molecule has 0 unspecified atom stereocenters. The van der Waals surface area contributed by atoms with E-state index >= 15 is 0 Å². The van der Waals surface area contributed by atoms with Gasteiger partial charge in [0.1, 0.15) is 12.4 Å². The van der Waals surface area contributed by atoms with Gasteiger partial charge in [-0.05, 0) is 60.5 Å². The Morgan fingerprint density at radius 2 is 1.67 bits per heavy atom. The van der Waals surface area contributed by atoms with Gasteiger partial charge < -0.3 is 24.8 Å². The molecule has 0 bridgehead atoms. The lowest BCUT2D eigenvalue weighted by atomic mass is 10.2. The van der Waals surface area contributed by atoms with Crippen LogP contribution in [0.3, 0.4) is 0 Å². The number of carbonyl (C=O) groups excluding carboxylic acids is 3. The van der Waals surface area contributed by atoms with E-state index in [1.807, 2.05) is 37.3 Å². The highest BCUT2D eigenvalue weighted by Crippen LogP contribution is 2.28. The Labute approximate surface area is 226 Å². The second-order valence-electron chi connectivity index (χ2n) is 7.97. The highest BCUT2D eigenvalue weighted by molar-refractivity contribution is 6.39. The van der Waals surface area contributed by atoms with Crippen molar-refractivity contribution in [3.63, 3.8) is 0 Å². The van der Waals surface area contributed by atoms with Gasteiger partial charge in [-0.25, -0.2) is 5.43 Å². The maximum Gasteiger partial charge on any atom is 0.329 e. The normalized spacial score (nSPS) is 10.4. The van der Waals surface area contributed by atoms with E-state index in [4.69, 9.17) is 14.2 Å². The van der Waals surface area contributed by atoms with Crippen molar-refractivity contribution in [2.75, 3.05) is 25.1 Å². The van der Waals surface area contributed by atoms with Crippen molar-refractivity contribution in [1.82, 2.24) is 10.7 Å². The summed E-state index contributed by atoms with van der Waals surface area (Å²) in [5.74, 6) is -0.697. The molecule has 0 aliphatic carbocycles. The monoisotopic (exact) mass is 530 g/mol. The van der Waals surface area contributed by atoms with Crippen molar-refractivity contribution in [2.24, 2.45) is 5.10 Å². The zero-order valence-corrected chi connectivity index (χ0v) is 21.5. The van der Waals surface area contributed by atoms with E-state index in [0.717, 1.165) is 5.56 Å². The first kappa shape index (κ1) is 28.5. The molecule has 0 aliphatic rings. The predicted molar refractivity (Wildman–Crippen MR) is 148 cm³/mol. The minimum absolute atomic E-state index is 0.184. The molecule has 0 atom stereocenters. The Balaban J connectivity index is 1.49. The Kier molecular flexibility index (Phi) is 11.1. The van der Waals surface area contributed by atoms with Crippen LogP contribution in [0.15, 0.2) is 90.6 Å². The molecule has 0 saturated heterocycles. The fourth-order valence-electron chi connectivity index (χ4n) is 3.18. The average molecular weight is 531 g/mol. The van der Waals surface area contributed by atoms with E-state index in [1.54, 1.807) is 48.5 Å². The van der Waals surface area contributed by atoms with E-state index in [-0.39, 0.29) is 12.5 Å². The van der Waals surface area contributed by atoms with Crippen molar-refractivity contribution in [3.8, 4) is 17.2 Å². The second kappa shape index (κ2) is 15.2. The standard InChI is InChI=1S/C29H30N4O6/c1-3-16-38-24-13-11-23(12-14-24)32-28(35)29(36)33-31-19-22-10-15-25(26(17-22)37-4-2)39-20-27(34)30-18-21-8-6-5-7-9-21/h3,5-15,17,19H,1,4,16,18,20H2,2H3,(H,30,34)(H,32,35)(H,33,36)/b31-19-. The highest BCUT2D eigenvalue weighted by Gasteiger charge is 2.13. The number of ether oxygens (including phenoxy) is 3. The molecule has 0 aliphatic heterocycles. The molecule has 0 saturated carbocycles. The summed E-state index contributed by atoms with van der Waals surface area (Å²) in [5.41, 5.74) is 4.17. The molecular formula is C29H30N4O6. The molecule has 3 N–H and O–H groups in total. The molecule has 39 heavy (non-hydrogen) atoms. The molecule has 3 rings (SSSR count). The minimum atomic E-state index is -0.940. The number of anilines is 1. The summed E-state index contributed by atoms with van der Waals surface area (Å²) in [6.45, 7) is 6.34. The molecule has 3 aromatic carbocycles. The minimum Gasteiger partial charge on any atom is -0.490 e. The van der Waals surface area contributed by atoms with Crippen molar-refractivity contribution >= 4 is 29.6 Å². The highest BCUT2D eigenvalue weighted by atomic mass is 16.5. The lowest BCUT2D eigenvalue weighted by molar-refractivity contribution is -0.136. The first-order valence-corrected chi connectivity index (χ1v) is 12.2. The van der Waals surface area contributed by atoms with Crippen molar-refractivity contribution < 1.29 is 28.6 Å². The summed E-state index contributed by atoms with van der Waals surface area (Å²) in [5, 5.41) is 9.11. The van der Waals surface area contributed by atoms with Gasteiger partial charge in [0.2, 0.25) is 0 Å². The number of amides is 3. The Bertz CT molecular complexity index is 1290. The largest absolute Gasteiger partial charge is 0.490 e. The number of hydrogen-bond acceptors (Lipinski definition) is 7. The van der Waals surface area contributed by atoms with Crippen LogP contribution in [0.1, 0.15) is 18.1 Å². The topological polar surface area (TPSA) is 127 Å². The second-order valence-corrected chi connectivity index (χ2v) is 7.97. The maximum atomic E-state index is 12.2. The lowest BCUT2D eigenvalue weighted by Crippen LogP contribution is -2.32. The number of hydrogen-bond donors (Lipinski definition) is 3. The smallest absolute Gasteiger partial charge is 0.329 e. The number of hydrazone groups is 1. The molecule has 202 valence electrons. The summed E-state index contributed by atoms with van der Waals surface area (Å²) in [7, 11) is 0. The van der Waals surface area contributed by atoms with Gasteiger partial charge in [-0.3, -0.25) is 14.4 Å². The molecule has 10 nitrogen and oxygen atoms in total. The number of benzene rings is 3. The molecule has 0 heterocycles. The molecule has 10 heteroatoms. The van der Waals surface area contributed by atoms with Gasteiger partial charge in [0.15, 0.2) is 18.1 Å². The zero-order valence-electron chi connectivity index (χ0n) is 21.5. The van der Waals surface area contributed by atoms with Gasteiger partial charge in [0.25, 0.3) is 5.91 Å². The number of nitrogens with one attached hydrogen (secondary N) is 3. The Morgan fingerprint density at radius 3 is 2.38 bits per heavy atom. The van der Waals surface area contributed by atoms with Crippen molar-refractivity contribution in [1.29, 1.82) is 0 Å². The van der Waals surface area contributed by atoms with E-state index in [1.165, 1.54) is 6.21 Å². The van der Waals surface area contributed by atoms with Crippen molar-refractivity contribution in [3.05, 3.63) is 96.6 Å². The predicted octanol–water partition coefficient (Wildman–Crippen LogP) is 3.43. The van der Waals surface area contributed by atoms with Crippen LogP contribution in [-0.4, -0.2) is 43.8 Å². The molecule has 0 aromatic heterocycles. The first-order valence-electron chi connectivity index (χ1n) is 12.2. The molecule has 0 spiro atoms. The summed E-state index contributed by atoms with van der Waals surface area (Å²) in [6, 6.07) is 21.0. The van der Waals surface area contributed by atoms with Gasteiger partial charge in [-0.2, -0.15) is 5.10 Å².